The molecular formula is C12H16F2O. The fraction of sp³-hybridized carbons (Fsp3) is 0.500. The molecule has 0 radical (unpaired) electrons. The predicted octanol–water partition coefficient (Wildman–Crippen LogP) is 3.93. The van der Waals surface area contributed by atoms with Gasteiger partial charge in [0.2, 0.25) is 0 Å². The minimum atomic E-state index is -2.50. The van der Waals surface area contributed by atoms with Gasteiger partial charge in [-0.3, -0.25) is 0 Å². The van der Waals surface area contributed by atoms with Crippen molar-refractivity contribution in [2.24, 2.45) is 0 Å². The highest BCUT2D eigenvalue weighted by Gasteiger charge is 2.23. The van der Waals surface area contributed by atoms with Gasteiger partial charge in [0.25, 0.3) is 6.43 Å². The van der Waals surface area contributed by atoms with Gasteiger partial charge in [-0.05, 0) is 17.0 Å². The van der Waals surface area contributed by atoms with E-state index in [-0.39, 0.29) is 11.0 Å². The molecule has 0 aliphatic carbocycles. The molecule has 0 aliphatic rings. The number of para-hydroxylation sites is 1. The van der Waals surface area contributed by atoms with Crippen LogP contribution < -0.4 is 4.74 Å². The first kappa shape index (κ1) is 12.0. The van der Waals surface area contributed by atoms with Crippen molar-refractivity contribution in [2.75, 3.05) is 7.11 Å². The van der Waals surface area contributed by atoms with Crippen LogP contribution in [0.5, 0.6) is 5.75 Å². The molecule has 0 N–H and O–H groups in total. The molecule has 1 aromatic carbocycles. The minimum absolute atomic E-state index is 0.0371. The highest BCUT2D eigenvalue weighted by Crippen LogP contribution is 2.37. The van der Waals surface area contributed by atoms with Crippen molar-refractivity contribution in [1.29, 1.82) is 0 Å². The van der Waals surface area contributed by atoms with Gasteiger partial charge in [0.15, 0.2) is 0 Å². The zero-order chi connectivity index (χ0) is 11.6. The average molecular weight is 214 g/mol. The SMILES string of the molecule is COc1c(C(F)F)cccc1C(C)(C)C. The molecule has 1 nitrogen and oxygen atoms in total. The number of methoxy groups -OCH3 is 1. The lowest BCUT2D eigenvalue weighted by Crippen LogP contribution is -2.13. The second-order valence-corrected chi connectivity index (χ2v) is 4.48. The van der Waals surface area contributed by atoms with Crippen molar-refractivity contribution in [1.82, 2.24) is 0 Å². The van der Waals surface area contributed by atoms with E-state index in [1.165, 1.54) is 13.2 Å². The third kappa shape index (κ3) is 2.46. The summed E-state index contributed by atoms with van der Waals surface area (Å²) in [6.45, 7) is 5.92. The molecule has 0 spiro atoms. The van der Waals surface area contributed by atoms with Gasteiger partial charge in [0.05, 0.1) is 12.7 Å². The Morgan fingerprint density at radius 3 is 2.20 bits per heavy atom. The standard InChI is InChI=1S/C12H16F2O/c1-12(2,3)9-7-5-6-8(11(13)14)10(9)15-4/h5-7,11H,1-4H3. The second-order valence-electron chi connectivity index (χ2n) is 4.48. The maximum atomic E-state index is 12.7. The highest BCUT2D eigenvalue weighted by molar-refractivity contribution is 5.45. The summed E-state index contributed by atoms with van der Waals surface area (Å²) < 4.78 is 30.5. The van der Waals surface area contributed by atoms with Crippen molar-refractivity contribution in [2.45, 2.75) is 32.6 Å². The van der Waals surface area contributed by atoms with Crippen LogP contribution >= 0.6 is 0 Å². The molecule has 0 amide bonds. The number of benzene rings is 1. The van der Waals surface area contributed by atoms with E-state index in [9.17, 15) is 8.78 Å². The van der Waals surface area contributed by atoms with Crippen molar-refractivity contribution in [3.8, 4) is 5.75 Å². The number of halogens is 2. The first-order chi connectivity index (χ1) is 6.88. The molecule has 15 heavy (non-hydrogen) atoms. The largest absolute Gasteiger partial charge is 0.496 e. The van der Waals surface area contributed by atoms with Crippen LogP contribution in [-0.4, -0.2) is 7.11 Å². The van der Waals surface area contributed by atoms with Crippen LogP contribution in [0.15, 0.2) is 18.2 Å². The molecular weight excluding hydrogens is 198 g/mol. The van der Waals surface area contributed by atoms with Crippen molar-refractivity contribution < 1.29 is 13.5 Å². The number of hydrogen-bond acceptors (Lipinski definition) is 1. The number of rotatable bonds is 2. The molecule has 0 aromatic heterocycles. The lowest BCUT2D eigenvalue weighted by Gasteiger charge is -2.23. The van der Waals surface area contributed by atoms with Gasteiger partial charge < -0.3 is 4.74 Å². The summed E-state index contributed by atoms with van der Waals surface area (Å²) in [6, 6.07) is 4.87. The average Bonchev–Trinajstić information content (AvgIpc) is 2.15. The molecule has 0 atom stereocenters. The Hall–Kier alpha value is -1.12. The maximum absolute atomic E-state index is 12.7. The Morgan fingerprint density at radius 1 is 1.20 bits per heavy atom. The third-order valence-electron chi connectivity index (χ3n) is 2.29. The molecule has 0 bridgehead atoms. The fourth-order valence-electron chi connectivity index (χ4n) is 1.55. The quantitative estimate of drug-likeness (QED) is 0.724. The van der Waals surface area contributed by atoms with Gasteiger partial charge in [0.1, 0.15) is 5.75 Å². The lowest BCUT2D eigenvalue weighted by atomic mass is 9.85. The van der Waals surface area contributed by atoms with Crippen LogP contribution in [0.1, 0.15) is 38.3 Å². The van der Waals surface area contributed by atoms with Gasteiger partial charge >= 0.3 is 0 Å². The Balaban J connectivity index is 3.35. The molecule has 3 heteroatoms. The van der Waals surface area contributed by atoms with Crippen LogP contribution in [-0.2, 0) is 5.41 Å². The summed E-state index contributed by atoms with van der Waals surface area (Å²) in [5, 5.41) is 0. The molecule has 0 aliphatic heterocycles. The van der Waals surface area contributed by atoms with Gasteiger partial charge in [-0.2, -0.15) is 0 Å². The van der Waals surface area contributed by atoms with E-state index in [2.05, 4.69) is 0 Å². The normalized spacial score (nSPS) is 11.9. The van der Waals surface area contributed by atoms with Crippen LogP contribution in [0, 0.1) is 0 Å². The molecule has 0 unspecified atom stereocenters. The van der Waals surface area contributed by atoms with Crippen LogP contribution in [0.3, 0.4) is 0 Å². The zero-order valence-corrected chi connectivity index (χ0v) is 9.47. The first-order valence-corrected chi connectivity index (χ1v) is 4.83. The summed E-state index contributed by atoms with van der Waals surface area (Å²) in [5.74, 6) is 0.306. The van der Waals surface area contributed by atoms with Crippen LogP contribution in [0.4, 0.5) is 8.78 Å². The molecule has 0 heterocycles. The van der Waals surface area contributed by atoms with Gasteiger partial charge in [0, 0.05) is 0 Å². The highest BCUT2D eigenvalue weighted by atomic mass is 19.3. The lowest BCUT2D eigenvalue weighted by molar-refractivity contribution is 0.146. The van der Waals surface area contributed by atoms with Crippen LogP contribution in [0.25, 0.3) is 0 Å². The van der Waals surface area contributed by atoms with Crippen molar-refractivity contribution in [3.63, 3.8) is 0 Å². The predicted molar refractivity (Wildman–Crippen MR) is 56.7 cm³/mol. The summed E-state index contributed by atoms with van der Waals surface area (Å²) in [7, 11) is 1.43. The summed E-state index contributed by atoms with van der Waals surface area (Å²) in [4.78, 5) is 0. The Kier molecular flexibility index (Phi) is 3.32. The number of alkyl halides is 2. The Morgan fingerprint density at radius 2 is 1.80 bits per heavy atom. The van der Waals surface area contributed by atoms with E-state index >= 15 is 0 Å². The molecule has 0 fully saturated rings. The molecule has 1 rings (SSSR count). The summed E-state index contributed by atoms with van der Waals surface area (Å²) in [6.07, 6.45) is -2.50. The smallest absolute Gasteiger partial charge is 0.267 e. The first-order valence-electron chi connectivity index (χ1n) is 4.83. The fourth-order valence-corrected chi connectivity index (χ4v) is 1.55. The topological polar surface area (TPSA) is 9.23 Å². The van der Waals surface area contributed by atoms with Crippen LogP contribution in [0.2, 0.25) is 0 Å². The van der Waals surface area contributed by atoms with Gasteiger partial charge in [-0.1, -0.05) is 32.9 Å². The number of ether oxygens (including phenoxy) is 1. The van der Waals surface area contributed by atoms with E-state index in [4.69, 9.17) is 4.74 Å². The molecule has 0 saturated heterocycles. The molecule has 1 aromatic rings. The van der Waals surface area contributed by atoms with Gasteiger partial charge in [-0.25, -0.2) is 8.78 Å². The van der Waals surface area contributed by atoms with E-state index in [0.717, 1.165) is 5.56 Å². The second kappa shape index (κ2) is 4.17. The summed E-state index contributed by atoms with van der Waals surface area (Å²) in [5.41, 5.74) is 0.573. The van der Waals surface area contributed by atoms with Gasteiger partial charge in [-0.15, -0.1) is 0 Å². The van der Waals surface area contributed by atoms with E-state index in [1.807, 2.05) is 26.8 Å². The maximum Gasteiger partial charge on any atom is 0.267 e. The Bertz CT molecular complexity index is 340. The van der Waals surface area contributed by atoms with Crippen molar-refractivity contribution in [3.05, 3.63) is 29.3 Å². The zero-order valence-electron chi connectivity index (χ0n) is 9.47. The Labute approximate surface area is 89.1 Å². The number of hydrogen-bond donors (Lipinski definition) is 0. The molecule has 84 valence electrons. The monoisotopic (exact) mass is 214 g/mol. The van der Waals surface area contributed by atoms with Crippen molar-refractivity contribution >= 4 is 0 Å². The van der Waals surface area contributed by atoms with E-state index < -0.39 is 6.43 Å². The molecule has 0 saturated carbocycles. The third-order valence-corrected chi connectivity index (χ3v) is 2.29. The minimum Gasteiger partial charge on any atom is -0.496 e. The van der Waals surface area contributed by atoms with E-state index in [1.54, 1.807) is 6.07 Å². The summed E-state index contributed by atoms with van der Waals surface area (Å²) >= 11 is 0. The van der Waals surface area contributed by atoms with E-state index in [0.29, 0.717) is 5.75 Å².